The number of nitrogens with two attached hydrogens (primary N) is 1. The highest BCUT2D eigenvalue weighted by Gasteiger charge is 2.28. The average Bonchev–Trinajstić information content (AvgIpc) is 1.54. The third-order valence-electron chi connectivity index (χ3n) is 17.5. The Bertz CT molecular complexity index is 4920. The van der Waals surface area contributed by atoms with Crippen LogP contribution in [0, 0.1) is 0 Å². The normalized spacial score (nSPS) is 15.1. The van der Waals surface area contributed by atoms with Crippen LogP contribution in [0.15, 0.2) is 180 Å². The molecule has 0 amide bonds. The maximum atomic E-state index is 14.6. The zero-order valence-electron chi connectivity index (χ0n) is 55.4. The third-order valence-corrected chi connectivity index (χ3v) is 17.5. The summed E-state index contributed by atoms with van der Waals surface area (Å²) >= 11 is 0. The minimum atomic E-state index is -0.396. The maximum Gasteiger partial charge on any atom is 0.337 e. The van der Waals surface area contributed by atoms with Crippen molar-refractivity contribution < 1.29 is 33.3 Å². The van der Waals surface area contributed by atoms with E-state index in [0.29, 0.717) is 117 Å². The summed E-state index contributed by atoms with van der Waals surface area (Å²) in [6.45, 7) is 6.80. The largest absolute Gasteiger partial charge is 0.465 e. The van der Waals surface area contributed by atoms with Gasteiger partial charge >= 0.3 is 11.9 Å². The van der Waals surface area contributed by atoms with E-state index in [9.17, 15) is 24.0 Å². The Hall–Kier alpha value is -11.3. The molecular formula is C74H76N16O9. The molecule has 6 aromatic heterocycles. The van der Waals surface area contributed by atoms with Crippen molar-refractivity contribution >= 4 is 74.0 Å². The number of fused-ring (bicyclic) bond motifs is 4. The van der Waals surface area contributed by atoms with Crippen molar-refractivity contribution in [2.24, 2.45) is 5.73 Å². The Morgan fingerprint density at radius 2 is 1.03 bits per heavy atom. The number of aromatic nitrogens is 12. The summed E-state index contributed by atoms with van der Waals surface area (Å²) in [6, 6.07) is 43.3. The summed E-state index contributed by atoms with van der Waals surface area (Å²) in [5.74, 6) is 1.55. The molecule has 12 aromatic rings. The van der Waals surface area contributed by atoms with Crippen LogP contribution in [0.5, 0.6) is 0 Å². The Labute approximate surface area is 569 Å². The molecule has 0 aliphatic carbocycles. The van der Waals surface area contributed by atoms with E-state index in [1.165, 1.54) is 26.9 Å². The van der Waals surface area contributed by atoms with Crippen LogP contribution in [-0.4, -0.2) is 104 Å². The van der Waals surface area contributed by atoms with Crippen molar-refractivity contribution in [3.63, 3.8) is 0 Å². The third kappa shape index (κ3) is 14.9. The van der Waals surface area contributed by atoms with Gasteiger partial charge in [0.15, 0.2) is 34.0 Å². The number of nitrogens with zero attached hydrogens (tertiary/aromatic N) is 12. The molecule has 0 saturated carbocycles. The van der Waals surface area contributed by atoms with Crippen molar-refractivity contribution in [3.8, 4) is 11.4 Å². The van der Waals surface area contributed by atoms with E-state index in [2.05, 4.69) is 50.6 Å². The molecule has 0 radical (unpaired) electrons. The number of nitrogens with one attached hydrogen (secondary N) is 3. The van der Waals surface area contributed by atoms with E-state index in [1.807, 2.05) is 132 Å². The number of ether oxygens (including phenoxy) is 4. The van der Waals surface area contributed by atoms with E-state index < -0.39 is 5.97 Å². The van der Waals surface area contributed by atoms with Gasteiger partial charge in [0.05, 0.1) is 83.3 Å². The SMILES string of the molecule is CC[C@H](Nc1ncnc2c1ncn2C1CCCCO1)c1nc2cccc(CN)c2c(=O)n1-c1ccccc1.CC[C@H](Nc1ncnc2c1ncn2C1CCCCO1)c1nc2cccc(CNCc3ccc(C(=O)OC)cc3)c2c(=O)n1-c1ccccc1.COC(=O)c1ccc(C=O)cc1. The minimum absolute atomic E-state index is 0.0828. The summed E-state index contributed by atoms with van der Waals surface area (Å²) in [5.41, 5.74) is 15.2. The standard InChI is InChI=1S/C37H38N8O4.C28H30N8O2.C9H8O3/c1-3-28(42-33-32-35(40-22-39-33)44(23-41-32)30-14-7-8-19-49-30)34-43-29-13-9-10-26(31(29)36(46)45(34)27-11-5-4-6-12-27)21-38-20-24-15-17-25(18-16-24)37(47)48-2;1-2-20(33-25-24-27(31-16-30-25)35(17-32-24)22-13-6-7-14-38-22)26-34-21-12-8-9-18(15-29)23(21)28(37)36(26)19-10-4-3-5-11-19;1-12-9(11)8-4-2-7(6-10)3-5-8/h4-6,9-13,15-18,22-23,28,30,38H,3,7-8,14,19-21H2,1-2H3,(H,39,40,42);3-5,8-12,16-17,20,22H,2,6-7,13-15,29H2,1H3,(H,30,31,33);2-6H,1H3/t28-,30?;20-,22?;/m00./s1. The first-order valence-corrected chi connectivity index (χ1v) is 33.1. The van der Waals surface area contributed by atoms with Crippen LogP contribution in [0.1, 0.15) is 149 Å². The Kier molecular flexibility index (Phi) is 21.7. The number of para-hydroxylation sites is 2. The number of anilines is 2. The van der Waals surface area contributed by atoms with Crippen molar-refractivity contribution in [2.45, 2.75) is 109 Å². The number of methoxy groups -OCH3 is 2. The van der Waals surface area contributed by atoms with Gasteiger partial charge in [-0.25, -0.2) is 49.5 Å². The molecule has 2 unspecified atom stereocenters. The number of benzene rings is 6. The summed E-state index contributed by atoms with van der Waals surface area (Å²) < 4.78 is 28.6. The fourth-order valence-electron chi connectivity index (χ4n) is 12.4. The van der Waals surface area contributed by atoms with Gasteiger partial charge in [-0.2, -0.15) is 0 Å². The highest BCUT2D eigenvalue weighted by molar-refractivity contribution is 5.91. The number of carbonyl (C=O) groups is 3. The smallest absolute Gasteiger partial charge is 0.337 e. The van der Waals surface area contributed by atoms with E-state index >= 15 is 0 Å². The molecule has 6 aromatic carbocycles. The molecule has 2 aliphatic heterocycles. The Morgan fingerprint density at radius 3 is 1.46 bits per heavy atom. The lowest BCUT2D eigenvalue weighted by molar-refractivity contribution is -0.0299. The van der Waals surface area contributed by atoms with Gasteiger partial charge in [-0.15, -0.1) is 0 Å². The topological polar surface area (TPSA) is 307 Å². The average molecular weight is 1330 g/mol. The minimum Gasteiger partial charge on any atom is -0.465 e. The van der Waals surface area contributed by atoms with Crippen LogP contribution in [0.2, 0.25) is 0 Å². The fourth-order valence-corrected chi connectivity index (χ4v) is 12.4. The number of hydrogen-bond acceptors (Lipinski definition) is 21. The van der Waals surface area contributed by atoms with Gasteiger partial charge in [-0.05, 0) is 129 Å². The second-order valence-corrected chi connectivity index (χ2v) is 23.7. The summed E-state index contributed by atoms with van der Waals surface area (Å²) in [7, 11) is 2.68. The number of aldehydes is 1. The molecule has 25 nitrogen and oxygen atoms in total. The van der Waals surface area contributed by atoms with Crippen LogP contribution in [-0.2, 0) is 38.6 Å². The first kappa shape index (κ1) is 67.7. The molecule has 14 rings (SSSR count). The number of imidazole rings is 2. The van der Waals surface area contributed by atoms with Gasteiger partial charge in [0.25, 0.3) is 11.1 Å². The first-order valence-electron chi connectivity index (χ1n) is 33.1. The lowest BCUT2D eigenvalue weighted by atomic mass is 10.1. The van der Waals surface area contributed by atoms with Crippen molar-refractivity contribution in [1.29, 1.82) is 0 Å². The molecule has 0 spiro atoms. The van der Waals surface area contributed by atoms with Gasteiger partial charge in [0, 0.05) is 38.4 Å². The Balaban J connectivity index is 0.000000164. The number of rotatable bonds is 20. The van der Waals surface area contributed by atoms with Gasteiger partial charge in [-0.1, -0.05) is 98.8 Å². The summed E-state index contributed by atoms with van der Waals surface area (Å²) in [4.78, 5) is 99.1. The zero-order valence-corrected chi connectivity index (χ0v) is 55.4. The fraction of sp³-hybridized carbons (Fsp3) is 0.284. The molecule has 99 heavy (non-hydrogen) atoms. The molecule has 0 bridgehead atoms. The number of carbonyl (C=O) groups excluding carboxylic acids is 3. The number of esters is 2. The molecule has 2 aliphatic rings. The van der Waals surface area contributed by atoms with E-state index in [-0.39, 0.29) is 48.2 Å². The van der Waals surface area contributed by atoms with Gasteiger partial charge in [-0.3, -0.25) is 32.7 Å². The number of hydrogen-bond donors (Lipinski definition) is 4. The van der Waals surface area contributed by atoms with Crippen molar-refractivity contribution in [2.75, 3.05) is 38.1 Å². The zero-order chi connectivity index (χ0) is 68.8. The molecule has 506 valence electrons. The van der Waals surface area contributed by atoms with E-state index in [4.69, 9.17) is 29.9 Å². The molecule has 5 N–H and O–H groups in total. The Morgan fingerprint density at radius 1 is 0.566 bits per heavy atom. The second-order valence-electron chi connectivity index (χ2n) is 23.7. The molecule has 25 heteroatoms. The molecule has 2 fully saturated rings. The summed E-state index contributed by atoms with van der Waals surface area (Å²) in [5, 5.41) is 11.6. The predicted molar refractivity (Wildman–Crippen MR) is 376 cm³/mol. The molecule has 8 heterocycles. The molecule has 4 atom stereocenters. The monoisotopic (exact) mass is 1330 g/mol. The lowest BCUT2D eigenvalue weighted by Crippen LogP contribution is -2.29. The van der Waals surface area contributed by atoms with Crippen LogP contribution < -0.4 is 32.8 Å². The first-order chi connectivity index (χ1) is 48.5. The quantitative estimate of drug-likeness (QED) is 0.0407. The van der Waals surface area contributed by atoms with Gasteiger partial charge in [0.1, 0.15) is 43.0 Å². The predicted octanol–water partition coefficient (Wildman–Crippen LogP) is 11.4. The van der Waals surface area contributed by atoms with E-state index in [1.54, 1.807) is 58.2 Å². The second kappa shape index (κ2) is 31.7. The highest BCUT2D eigenvalue weighted by Crippen LogP contribution is 2.33. The lowest BCUT2D eigenvalue weighted by Gasteiger charge is -2.24. The molecule has 2 saturated heterocycles. The summed E-state index contributed by atoms with van der Waals surface area (Å²) in [6.07, 6.45) is 14.5. The van der Waals surface area contributed by atoms with Crippen molar-refractivity contribution in [1.82, 2.24) is 63.5 Å². The van der Waals surface area contributed by atoms with Crippen LogP contribution in [0.25, 0.3) is 55.5 Å². The van der Waals surface area contributed by atoms with E-state index in [0.717, 1.165) is 79.5 Å². The highest BCUT2D eigenvalue weighted by atomic mass is 16.5. The van der Waals surface area contributed by atoms with Crippen LogP contribution in [0.4, 0.5) is 11.6 Å². The van der Waals surface area contributed by atoms with Crippen LogP contribution in [0.3, 0.4) is 0 Å². The molecular weight excluding hydrogens is 1260 g/mol. The van der Waals surface area contributed by atoms with Gasteiger partial charge < -0.3 is 40.6 Å². The van der Waals surface area contributed by atoms with Crippen LogP contribution >= 0.6 is 0 Å². The van der Waals surface area contributed by atoms with Crippen molar-refractivity contribution in [3.05, 3.63) is 237 Å². The maximum absolute atomic E-state index is 14.6. The van der Waals surface area contributed by atoms with Gasteiger partial charge in [0.2, 0.25) is 0 Å².